The molecule has 1 atom stereocenters. The first-order chi connectivity index (χ1) is 13.1. The van der Waals surface area contributed by atoms with Gasteiger partial charge >= 0.3 is 12.0 Å². The number of para-hydroxylation sites is 1. The molecule has 0 aliphatic rings. The van der Waals surface area contributed by atoms with Crippen LogP contribution in [-0.4, -0.2) is 29.6 Å². The van der Waals surface area contributed by atoms with Gasteiger partial charge in [-0.1, -0.05) is 24.3 Å². The monoisotopic (exact) mass is 384 g/mol. The van der Waals surface area contributed by atoms with Crippen LogP contribution in [0.25, 0.3) is 0 Å². The Kier molecular flexibility index (Phi) is 6.76. The van der Waals surface area contributed by atoms with Gasteiger partial charge in [0.2, 0.25) is 0 Å². The van der Waals surface area contributed by atoms with Crippen molar-refractivity contribution >= 4 is 17.9 Å². The van der Waals surface area contributed by atoms with Crippen molar-refractivity contribution in [2.45, 2.75) is 39.3 Å². The summed E-state index contributed by atoms with van der Waals surface area (Å²) in [5, 5.41) is 4.74. The summed E-state index contributed by atoms with van der Waals surface area (Å²) in [7, 11) is 0. The minimum Gasteiger partial charge on any atom is -0.457 e. The number of hydrogen-bond acceptors (Lipinski definition) is 5. The maximum Gasteiger partial charge on any atom is 0.339 e. The van der Waals surface area contributed by atoms with Crippen molar-refractivity contribution in [3.63, 3.8) is 0 Å². The fraction of sp³-hybridized carbons (Fsp3) is 0.286. The molecule has 148 valence electrons. The Balaban J connectivity index is 1.95. The van der Waals surface area contributed by atoms with Crippen LogP contribution in [-0.2, 0) is 9.53 Å². The fourth-order valence-electron chi connectivity index (χ4n) is 2.18. The number of ether oxygens (including phenoxy) is 2. The molecule has 0 fully saturated rings. The van der Waals surface area contributed by atoms with Crippen LogP contribution in [0.15, 0.2) is 54.6 Å². The minimum absolute atomic E-state index is 0.229. The second-order valence-corrected chi connectivity index (χ2v) is 7.18. The van der Waals surface area contributed by atoms with Gasteiger partial charge in [-0.15, -0.1) is 0 Å². The van der Waals surface area contributed by atoms with Gasteiger partial charge in [-0.3, -0.25) is 10.1 Å². The topological polar surface area (TPSA) is 93.7 Å². The Labute approximate surface area is 164 Å². The van der Waals surface area contributed by atoms with Crippen LogP contribution in [0.5, 0.6) is 11.5 Å². The molecule has 3 amide bonds. The molecule has 7 heteroatoms. The van der Waals surface area contributed by atoms with Crippen LogP contribution in [0.2, 0.25) is 0 Å². The van der Waals surface area contributed by atoms with Crippen molar-refractivity contribution in [3.8, 4) is 11.5 Å². The molecule has 0 aromatic heterocycles. The van der Waals surface area contributed by atoms with E-state index in [9.17, 15) is 14.4 Å². The molecule has 0 saturated heterocycles. The van der Waals surface area contributed by atoms with Crippen LogP contribution in [0.1, 0.15) is 38.1 Å². The average Bonchev–Trinajstić information content (AvgIpc) is 2.61. The normalized spacial score (nSPS) is 11.9. The second-order valence-electron chi connectivity index (χ2n) is 7.18. The second kappa shape index (κ2) is 9.03. The SMILES string of the molecule is CC(OC(=O)c1cccc(Oc2ccccc2)c1)C(=O)NC(=O)NC(C)(C)C. The molecule has 2 aromatic carbocycles. The number of rotatable bonds is 5. The fourth-order valence-corrected chi connectivity index (χ4v) is 2.18. The molecule has 2 N–H and O–H groups in total. The summed E-state index contributed by atoms with van der Waals surface area (Å²) in [6.07, 6.45) is -1.14. The lowest BCUT2D eigenvalue weighted by atomic mass is 10.1. The van der Waals surface area contributed by atoms with Crippen molar-refractivity contribution in [1.29, 1.82) is 0 Å². The lowest BCUT2D eigenvalue weighted by molar-refractivity contribution is -0.127. The largest absolute Gasteiger partial charge is 0.457 e. The number of carbonyl (C=O) groups is 3. The van der Waals surface area contributed by atoms with Crippen molar-refractivity contribution in [2.75, 3.05) is 0 Å². The number of amides is 3. The minimum atomic E-state index is -1.14. The van der Waals surface area contributed by atoms with E-state index >= 15 is 0 Å². The Bertz CT molecular complexity index is 843. The van der Waals surface area contributed by atoms with Crippen molar-refractivity contribution in [3.05, 3.63) is 60.2 Å². The standard InChI is InChI=1S/C21H24N2O5/c1-14(18(24)22-20(26)23-21(2,3)4)27-19(25)15-9-8-12-17(13-15)28-16-10-6-5-7-11-16/h5-14H,1-4H3,(H2,22,23,24,26). The summed E-state index contributed by atoms with van der Waals surface area (Å²) >= 11 is 0. The third kappa shape index (κ3) is 6.75. The maximum absolute atomic E-state index is 12.3. The molecule has 0 radical (unpaired) electrons. The predicted octanol–water partition coefficient (Wildman–Crippen LogP) is 3.65. The molecule has 2 aromatic rings. The van der Waals surface area contributed by atoms with Gasteiger partial charge in [-0.25, -0.2) is 9.59 Å². The van der Waals surface area contributed by atoms with Crippen LogP contribution in [0.4, 0.5) is 4.79 Å². The first kappa shape index (κ1) is 21.0. The smallest absolute Gasteiger partial charge is 0.339 e. The quantitative estimate of drug-likeness (QED) is 0.768. The lowest BCUT2D eigenvalue weighted by Gasteiger charge is -2.21. The van der Waals surface area contributed by atoms with E-state index in [2.05, 4.69) is 10.6 Å². The third-order valence-electron chi connectivity index (χ3n) is 3.43. The van der Waals surface area contributed by atoms with Crippen molar-refractivity contribution < 1.29 is 23.9 Å². The summed E-state index contributed by atoms with van der Waals surface area (Å²) in [5.74, 6) is -0.322. The van der Waals surface area contributed by atoms with Gasteiger partial charge in [-0.05, 0) is 58.0 Å². The number of carbonyl (C=O) groups excluding carboxylic acids is 3. The van der Waals surface area contributed by atoms with E-state index in [0.29, 0.717) is 11.5 Å². The molecule has 0 aliphatic heterocycles. The molecule has 28 heavy (non-hydrogen) atoms. The Hall–Kier alpha value is -3.35. The van der Waals surface area contributed by atoms with Crippen molar-refractivity contribution in [1.82, 2.24) is 10.6 Å². The van der Waals surface area contributed by atoms with Gasteiger partial charge in [0, 0.05) is 5.54 Å². The third-order valence-corrected chi connectivity index (χ3v) is 3.43. The zero-order valence-electron chi connectivity index (χ0n) is 16.3. The summed E-state index contributed by atoms with van der Waals surface area (Å²) in [5.41, 5.74) is -0.268. The van der Waals surface area contributed by atoms with Gasteiger partial charge in [0.1, 0.15) is 11.5 Å². The molecule has 1 unspecified atom stereocenters. The number of esters is 1. The van der Waals surface area contributed by atoms with Gasteiger partial charge in [0.05, 0.1) is 5.56 Å². The average molecular weight is 384 g/mol. The highest BCUT2D eigenvalue weighted by Gasteiger charge is 2.22. The zero-order chi connectivity index (χ0) is 20.7. The lowest BCUT2D eigenvalue weighted by Crippen LogP contribution is -2.50. The van der Waals surface area contributed by atoms with E-state index in [-0.39, 0.29) is 5.56 Å². The Morgan fingerprint density at radius 3 is 2.21 bits per heavy atom. The van der Waals surface area contributed by atoms with E-state index in [0.717, 1.165) is 0 Å². The highest BCUT2D eigenvalue weighted by atomic mass is 16.5. The highest BCUT2D eigenvalue weighted by molar-refractivity contribution is 5.98. The van der Waals surface area contributed by atoms with Gasteiger partial charge < -0.3 is 14.8 Å². The predicted molar refractivity (Wildman–Crippen MR) is 104 cm³/mol. The molecule has 2 rings (SSSR count). The zero-order valence-corrected chi connectivity index (χ0v) is 16.3. The van der Waals surface area contributed by atoms with Crippen LogP contribution in [0, 0.1) is 0 Å². The van der Waals surface area contributed by atoms with Crippen LogP contribution in [0.3, 0.4) is 0 Å². The summed E-state index contributed by atoms with van der Waals surface area (Å²) < 4.78 is 10.8. The molecular formula is C21H24N2O5. The number of nitrogens with one attached hydrogen (secondary N) is 2. The first-order valence-corrected chi connectivity index (χ1v) is 8.81. The molecule has 0 heterocycles. The summed E-state index contributed by atoms with van der Waals surface area (Å²) in [6.45, 7) is 6.74. The number of urea groups is 1. The Morgan fingerprint density at radius 2 is 1.57 bits per heavy atom. The van der Waals surface area contributed by atoms with E-state index in [4.69, 9.17) is 9.47 Å². The number of benzene rings is 2. The van der Waals surface area contributed by atoms with E-state index in [1.807, 2.05) is 18.2 Å². The molecule has 7 nitrogen and oxygen atoms in total. The van der Waals surface area contributed by atoms with Gasteiger partial charge in [0.25, 0.3) is 5.91 Å². The summed E-state index contributed by atoms with van der Waals surface area (Å²) in [4.78, 5) is 36.1. The van der Waals surface area contributed by atoms with Crippen molar-refractivity contribution in [2.24, 2.45) is 0 Å². The van der Waals surface area contributed by atoms with Gasteiger partial charge in [-0.2, -0.15) is 0 Å². The first-order valence-electron chi connectivity index (χ1n) is 8.81. The van der Waals surface area contributed by atoms with E-state index < -0.39 is 29.6 Å². The molecule has 0 saturated carbocycles. The number of imide groups is 1. The summed E-state index contributed by atoms with van der Waals surface area (Å²) in [6, 6.07) is 14.9. The number of hydrogen-bond donors (Lipinski definition) is 2. The maximum atomic E-state index is 12.3. The molecular weight excluding hydrogens is 360 g/mol. The van der Waals surface area contributed by atoms with E-state index in [1.165, 1.54) is 13.0 Å². The Morgan fingerprint density at radius 1 is 0.929 bits per heavy atom. The van der Waals surface area contributed by atoms with E-state index in [1.54, 1.807) is 51.1 Å². The van der Waals surface area contributed by atoms with Crippen LogP contribution < -0.4 is 15.4 Å². The molecule has 0 aliphatic carbocycles. The highest BCUT2D eigenvalue weighted by Crippen LogP contribution is 2.22. The molecule has 0 bridgehead atoms. The molecule has 0 spiro atoms. The van der Waals surface area contributed by atoms with Crippen LogP contribution >= 0.6 is 0 Å². The van der Waals surface area contributed by atoms with Gasteiger partial charge in [0.15, 0.2) is 6.10 Å².